The maximum Gasteiger partial charge on any atom is 0.426 e. The predicted molar refractivity (Wildman–Crippen MR) is 73.1 cm³/mol. The summed E-state index contributed by atoms with van der Waals surface area (Å²) in [4.78, 5) is 0. The monoisotopic (exact) mass is 353 g/mol. The molecule has 1 atom stereocenters. The summed E-state index contributed by atoms with van der Waals surface area (Å²) in [6, 6.07) is 0. The van der Waals surface area contributed by atoms with Crippen molar-refractivity contribution >= 4 is 23.5 Å². The number of halogens is 6. The topological polar surface area (TPSA) is 70.6 Å². The van der Waals surface area contributed by atoms with Crippen LogP contribution in [-0.2, 0) is 0 Å². The van der Waals surface area contributed by atoms with E-state index in [0.29, 0.717) is 19.1 Å². The summed E-state index contributed by atoms with van der Waals surface area (Å²) in [7, 11) is 0. The van der Waals surface area contributed by atoms with Crippen LogP contribution in [0.1, 0.15) is 32.6 Å². The third-order valence-electron chi connectivity index (χ3n) is 2.95. The highest BCUT2D eigenvalue weighted by atomic mass is 32.1. The fourth-order valence-electron chi connectivity index (χ4n) is 1.78. The van der Waals surface area contributed by atoms with Gasteiger partial charge in [-0.1, -0.05) is 26.2 Å². The van der Waals surface area contributed by atoms with Crippen molar-refractivity contribution in [1.29, 1.82) is 0 Å². The molecule has 0 aromatic carbocycles. The second-order valence-electron chi connectivity index (χ2n) is 4.62. The molecule has 0 saturated carbocycles. The van der Waals surface area contributed by atoms with Crippen molar-refractivity contribution in [1.82, 2.24) is 5.43 Å². The van der Waals surface area contributed by atoms with Crippen LogP contribution in [0.15, 0.2) is 5.10 Å². The number of rotatable bonds is 7. The van der Waals surface area contributed by atoms with Gasteiger partial charge in [0.2, 0.25) is 0 Å². The summed E-state index contributed by atoms with van der Waals surface area (Å²) < 4.78 is 77.1. The van der Waals surface area contributed by atoms with Gasteiger partial charge in [-0.2, -0.15) is 31.4 Å². The normalized spacial score (nSPS) is 15.1. The molecular weight excluding hydrogens is 336 g/mol. The lowest BCUT2D eigenvalue weighted by atomic mass is 9.83. The lowest BCUT2D eigenvalue weighted by Crippen LogP contribution is -2.62. The molecule has 0 aliphatic heterocycles. The first-order chi connectivity index (χ1) is 9.88. The largest absolute Gasteiger partial charge is 0.426 e. The second-order valence-corrected chi connectivity index (χ2v) is 5.06. The zero-order valence-electron chi connectivity index (χ0n) is 11.6. The lowest BCUT2D eigenvalue weighted by molar-refractivity contribution is -0.378. The molecule has 0 spiro atoms. The molecule has 0 fully saturated rings. The molecule has 130 valence electrons. The molecule has 0 aromatic rings. The van der Waals surface area contributed by atoms with Gasteiger partial charge in [-0.3, -0.25) is 5.43 Å². The van der Waals surface area contributed by atoms with Crippen LogP contribution in [0, 0.1) is 5.92 Å². The minimum atomic E-state index is -5.91. The van der Waals surface area contributed by atoms with Gasteiger partial charge in [0.15, 0.2) is 5.11 Å². The van der Waals surface area contributed by atoms with E-state index < -0.39 is 35.4 Å². The van der Waals surface area contributed by atoms with E-state index in [2.05, 4.69) is 17.3 Å². The highest BCUT2D eigenvalue weighted by Crippen LogP contribution is 2.48. The highest BCUT2D eigenvalue weighted by Gasteiger charge is 2.73. The molecule has 0 unspecified atom stereocenters. The Bertz CT molecular complexity index is 382. The molecule has 4 nitrogen and oxygen atoms in total. The van der Waals surface area contributed by atoms with E-state index in [4.69, 9.17) is 5.73 Å². The van der Waals surface area contributed by atoms with Crippen LogP contribution in [0.4, 0.5) is 26.3 Å². The molecule has 0 bridgehead atoms. The van der Waals surface area contributed by atoms with Gasteiger partial charge in [-0.05, 0) is 18.6 Å². The number of thiocarbonyl (C=S) groups is 1. The molecule has 4 N–H and O–H groups in total. The predicted octanol–water partition coefficient (Wildman–Crippen LogP) is 2.86. The smallest absolute Gasteiger partial charge is 0.375 e. The fourth-order valence-corrected chi connectivity index (χ4v) is 1.83. The molecule has 0 aromatic heterocycles. The molecule has 0 rings (SSSR count). The van der Waals surface area contributed by atoms with Crippen LogP contribution < -0.4 is 11.2 Å². The summed E-state index contributed by atoms with van der Waals surface area (Å²) in [6.07, 6.45) is -10.9. The summed E-state index contributed by atoms with van der Waals surface area (Å²) in [5, 5.41) is 12.1. The Kier molecular flexibility index (Phi) is 7.55. The van der Waals surface area contributed by atoms with Crippen molar-refractivity contribution < 1.29 is 31.4 Å². The molecule has 11 heteroatoms. The van der Waals surface area contributed by atoms with Crippen LogP contribution >= 0.6 is 12.2 Å². The number of hydrazone groups is 1. The number of unbranched alkanes of at least 4 members (excludes halogenated alkanes) is 2. The fraction of sp³-hybridized carbons (Fsp3) is 0.818. The Hall–Kier alpha value is -1.10. The summed E-state index contributed by atoms with van der Waals surface area (Å²) in [5.74, 6) is -2.32. The average molecular weight is 353 g/mol. The zero-order chi connectivity index (χ0) is 17.6. The first kappa shape index (κ1) is 20.9. The van der Waals surface area contributed by atoms with Crippen molar-refractivity contribution in [2.45, 2.75) is 50.6 Å². The lowest BCUT2D eigenvalue weighted by Gasteiger charge is -2.37. The maximum absolute atomic E-state index is 12.8. The average Bonchev–Trinajstić information content (AvgIpc) is 2.33. The Balaban J connectivity index is 5.55. The standard InChI is InChI=1S/C11H17F6N3OS/c1-2-3-4-5-7(6-19-20-8(18)22)9(21,10(12,13)14)11(15,16)17/h6-7,21H,2-5H2,1H3,(H3,18,20,22)/b19-6-/t7-/m0/s1. The van der Waals surface area contributed by atoms with E-state index in [-0.39, 0.29) is 6.42 Å². The van der Waals surface area contributed by atoms with Crippen LogP contribution in [0.25, 0.3) is 0 Å². The first-order valence-electron chi connectivity index (χ1n) is 6.32. The number of alkyl halides is 6. The van der Waals surface area contributed by atoms with Gasteiger partial charge in [-0.25, -0.2) is 0 Å². The molecule has 0 heterocycles. The van der Waals surface area contributed by atoms with E-state index in [0.717, 1.165) is 0 Å². The van der Waals surface area contributed by atoms with Crippen molar-refractivity contribution in [3.63, 3.8) is 0 Å². The van der Waals surface area contributed by atoms with Crippen LogP contribution in [0.5, 0.6) is 0 Å². The number of hydrogen-bond donors (Lipinski definition) is 3. The molecule has 0 saturated heterocycles. The summed E-state index contributed by atoms with van der Waals surface area (Å²) in [5.41, 5.74) is 1.96. The SMILES string of the molecule is CCCCC[C@@H](/C=N\NC(N)=S)C(O)(C(F)(F)F)C(F)(F)F. The van der Waals surface area contributed by atoms with E-state index in [9.17, 15) is 31.4 Å². The van der Waals surface area contributed by atoms with E-state index in [1.54, 1.807) is 6.92 Å². The molecule has 22 heavy (non-hydrogen) atoms. The Labute approximate surface area is 128 Å². The minimum absolute atomic E-state index is 0.0642. The number of nitrogens with zero attached hydrogens (tertiary/aromatic N) is 1. The number of aliphatic hydroxyl groups is 1. The van der Waals surface area contributed by atoms with Gasteiger partial charge in [0.05, 0.1) is 0 Å². The molecule has 0 amide bonds. The molecular formula is C11H17F6N3OS. The quantitative estimate of drug-likeness (QED) is 0.216. The summed E-state index contributed by atoms with van der Waals surface area (Å²) >= 11 is 4.34. The van der Waals surface area contributed by atoms with Crippen LogP contribution in [0.2, 0.25) is 0 Å². The van der Waals surface area contributed by atoms with Gasteiger partial charge in [0.1, 0.15) is 0 Å². The number of hydrogen-bond acceptors (Lipinski definition) is 3. The van der Waals surface area contributed by atoms with E-state index in [1.807, 2.05) is 5.43 Å². The Morgan fingerprint density at radius 2 is 1.73 bits per heavy atom. The highest BCUT2D eigenvalue weighted by molar-refractivity contribution is 7.80. The van der Waals surface area contributed by atoms with Gasteiger partial charge in [-0.15, -0.1) is 0 Å². The van der Waals surface area contributed by atoms with Gasteiger partial charge in [0.25, 0.3) is 5.60 Å². The zero-order valence-corrected chi connectivity index (χ0v) is 12.4. The first-order valence-corrected chi connectivity index (χ1v) is 6.73. The third kappa shape index (κ3) is 5.27. The van der Waals surface area contributed by atoms with E-state index >= 15 is 0 Å². The van der Waals surface area contributed by atoms with Crippen molar-refractivity contribution in [3.8, 4) is 0 Å². The van der Waals surface area contributed by atoms with E-state index in [1.165, 1.54) is 0 Å². The van der Waals surface area contributed by atoms with Gasteiger partial charge in [0, 0.05) is 12.1 Å². The molecule has 0 aliphatic rings. The van der Waals surface area contributed by atoms with Gasteiger partial charge >= 0.3 is 12.4 Å². The Morgan fingerprint density at radius 3 is 2.09 bits per heavy atom. The number of nitrogens with one attached hydrogen (secondary N) is 1. The van der Waals surface area contributed by atoms with Crippen LogP contribution in [0.3, 0.4) is 0 Å². The summed E-state index contributed by atoms with van der Waals surface area (Å²) in [6.45, 7) is 1.73. The van der Waals surface area contributed by atoms with Crippen molar-refractivity contribution in [2.24, 2.45) is 16.8 Å². The van der Waals surface area contributed by atoms with Crippen molar-refractivity contribution in [2.75, 3.05) is 0 Å². The molecule has 0 radical (unpaired) electrons. The second kappa shape index (κ2) is 7.95. The van der Waals surface area contributed by atoms with Crippen molar-refractivity contribution in [3.05, 3.63) is 0 Å². The third-order valence-corrected chi connectivity index (χ3v) is 3.04. The maximum atomic E-state index is 12.8. The van der Waals surface area contributed by atoms with Crippen LogP contribution in [-0.4, -0.2) is 34.4 Å². The number of nitrogens with two attached hydrogens (primary N) is 1. The van der Waals surface area contributed by atoms with Gasteiger partial charge < -0.3 is 10.8 Å². The Morgan fingerprint density at radius 1 is 1.23 bits per heavy atom. The molecule has 0 aliphatic carbocycles. The minimum Gasteiger partial charge on any atom is -0.375 e.